The van der Waals surface area contributed by atoms with Crippen LogP contribution in [0.25, 0.3) is 0 Å². The van der Waals surface area contributed by atoms with Gasteiger partial charge < -0.3 is 20.1 Å². The Hall–Kier alpha value is -3.07. The predicted molar refractivity (Wildman–Crippen MR) is 115 cm³/mol. The first kappa shape index (κ1) is 22.2. The van der Waals surface area contributed by atoms with E-state index in [2.05, 4.69) is 26.5 Å². The van der Waals surface area contributed by atoms with E-state index in [9.17, 15) is 9.59 Å². The van der Waals surface area contributed by atoms with Crippen molar-refractivity contribution in [2.24, 2.45) is 5.10 Å². The molecular formula is C20H23BrN4O4. The molecule has 9 heteroatoms. The van der Waals surface area contributed by atoms with Crippen molar-refractivity contribution >= 4 is 39.6 Å². The van der Waals surface area contributed by atoms with Crippen molar-refractivity contribution in [3.63, 3.8) is 0 Å². The van der Waals surface area contributed by atoms with E-state index in [0.717, 1.165) is 0 Å². The number of carbonyl (C=O) groups is 2. The average molecular weight is 463 g/mol. The molecule has 0 aliphatic rings. The number of rotatable bonds is 8. The van der Waals surface area contributed by atoms with Gasteiger partial charge in [0.1, 0.15) is 0 Å². The summed E-state index contributed by atoms with van der Waals surface area (Å²) in [4.78, 5) is 25.3. The van der Waals surface area contributed by atoms with Crippen LogP contribution in [0.2, 0.25) is 0 Å². The Balaban J connectivity index is 2.12. The molecule has 0 aromatic heterocycles. The summed E-state index contributed by atoms with van der Waals surface area (Å²) in [5.41, 5.74) is 9.76. The van der Waals surface area contributed by atoms with Crippen molar-refractivity contribution in [1.82, 2.24) is 10.3 Å². The van der Waals surface area contributed by atoms with Crippen LogP contribution in [-0.4, -0.2) is 50.2 Å². The van der Waals surface area contributed by atoms with E-state index in [1.54, 1.807) is 50.5 Å². The van der Waals surface area contributed by atoms with Gasteiger partial charge >= 0.3 is 0 Å². The summed E-state index contributed by atoms with van der Waals surface area (Å²) in [6, 6.07) is 9.98. The highest BCUT2D eigenvalue weighted by atomic mass is 79.9. The molecule has 0 bridgehead atoms. The first-order chi connectivity index (χ1) is 13.8. The molecule has 0 radical (unpaired) electrons. The molecule has 0 heterocycles. The molecule has 0 saturated carbocycles. The highest BCUT2D eigenvalue weighted by Crippen LogP contribution is 2.36. The Morgan fingerprint density at radius 1 is 1.21 bits per heavy atom. The molecular weight excluding hydrogens is 440 g/mol. The molecule has 154 valence electrons. The minimum Gasteiger partial charge on any atom is -0.490 e. The highest BCUT2D eigenvalue weighted by molar-refractivity contribution is 9.10. The number of carbonyl (C=O) groups excluding carboxylic acids is 2. The molecule has 0 aliphatic heterocycles. The molecule has 0 saturated heterocycles. The largest absolute Gasteiger partial charge is 0.490 e. The van der Waals surface area contributed by atoms with Gasteiger partial charge in [0, 0.05) is 25.3 Å². The molecule has 29 heavy (non-hydrogen) atoms. The Labute approximate surface area is 177 Å². The fourth-order valence-corrected chi connectivity index (χ4v) is 2.77. The summed E-state index contributed by atoms with van der Waals surface area (Å²) in [6.45, 7) is 2.14. The molecule has 0 atom stereocenters. The number of likely N-dealkylation sites (N-methyl/N-ethyl adjacent to an activating group) is 1. The third kappa shape index (κ3) is 6.49. The van der Waals surface area contributed by atoms with Crippen molar-refractivity contribution in [3.8, 4) is 11.5 Å². The Morgan fingerprint density at radius 3 is 2.52 bits per heavy atom. The SMILES string of the molecule is CCOc1cc(/C=N/NC(=O)c2ccc(N)cc2)cc(Br)c1OCC(=O)N(C)C. The summed E-state index contributed by atoms with van der Waals surface area (Å²) in [5.74, 6) is 0.354. The van der Waals surface area contributed by atoms with Gasteiger partial charge in [0.15, 0.2) is 18.1 Å². The zero-order valence-corrected chi connectivity index (χ0v) is 18.0. The number of nitrogens with one attached hydrogen (secondary N) is 1. The lowest BCUT2D eigenvalue weighted by molar-refractivity contribution is -0.130. The summed E-state index contributed by atoms with van der Waals surface area (Å²) >= 11 is 3.43. The second-order valence-corrected chi connectivity index (χ2v) is 7.02. The van der Waals surface area contributed by atoms with E-state index in [1.165, 1.54) is 11.1 Å². The topological polar surface area (TPSA) is 106 Å². The molecule has 2 aromatic rings. The summed E-state index contributed by atoms with van der Waals surface area (Å²) in [7, 11) is 3.31. The maximum Gasteiger partial charge on any atom is 0.271 e. The number of ether oxygens (including phenoxy) is 2. The second kappa shape index (κ2) is 10.5. The monoisotopic (exact) mass is 462 g/mol. The zero-order valence-electron chi connectivity index (χ0n) is 16.4. The normalized spacial score (nSPS) is 10.6. The fraction of sp³-hybridized carbons (Fsp3) is 0.250. The maximum absolute atomic E-state index is 12.1. The predicted octanol–water partition coefficient (Wildman–Crippen LogP) is 2.66. The molecule has 3 N–H and O–H groups in total. The Kier molecular flexibility index (Phi) is 8.02. The number of hydrogen-bond donors (Lipinski definition) is 2. The van der Waals surface area contributed by atoms with Crippen molar-refractivity contribution in [3.05, 3.63) is 52.0 Å². The molecule has 0 aliphatic carbocycles. The van der Waals surface area contributed by atoms with Crippen LogP contribution in [0.3, 0.4) is 0 Å². The van der Waals surface area contributed by atoms with Crippen LogP contribution in [-0.2, 0) is 4.79 Å². The molecule has 2 amide bonds. The van der Waals surface area contributed by atoms with Crippen LogP contribution in [0.1, 0.15) is 22.8 Å². The summed E-state index contributed by atoms with van der Waals surface area (Å²) < 4.78 is 11.8. The number of benzene rings is 2. The third-order valence-corrected chi connectivity index (χ3v) is 4.31. The van der Waals surface area contributed by atoms with Crippen LogP contribution in [0.5, 0.6) is 11.5 Å². The zero-order chi connectivity index (χ0) is 21.4. The van der Waals surface area contributed by atoms with Crippen LogP contribution in [0, 0.1) is 0 Å². The molecule has 0 unspecified atom stereocenters. The third-order valence-electron chi connectivity index (χ3n) is 3.72. The van der Waals surface area contributed by atoms with Crippen molar-refractivity contribution in [2.75, 3.05) is 33.0 Å². The molecule has 2 aromatic carbocycles. The number of hydrogen-bond acceptors (Lipinski definition) is 6. The van der Waals surface area contributed by atoms with Gasteiger partial charge in [-0.15, -0.1) is 0 Å². The van der Waals surface area contributed by atoms with E-state index in [1.807, 2.05) is 6.92 Å². The second-order valence-electron chi connectivity index (χ2n) is 6.16. The molecule has 2 rings (SSSR count). The van der Waals surface area contributed by atoms with Gasteiger partial charge in [0.25, 0.3) is 11.8 Å². The maximum atomic E-state index is 12.1. The van der Waals surface area contributed by atoms with Gasteiger partial charge in [0.05, 0.1) is 17.3 Å². The van der Waals surface area contributed by atoms with Gasteiger partial charge in [-0.25, -0.2) is 5.43 Å². The quantitative estimate of drug-likeness (QED) is 0.356. The number of nitrogen functional groups attached to an aromatic ring is 1. The number of halogens is 1. The van der Waals surface area contributed by atoms with E-state index < -0.39 is 0 Å². The smallest absolute Gasteiger partial charge is 0.271 e. The first-order valence-corrected chi connectivity index (χ1v) is 9.59. The minimum atomic E-state index is -0.354. The van der Waals surface area contributed by atoms with E-state index in [4.69, 9.17) is 15.2 Å². The highest BCUT2D eigenvalue weighted by Gasteiger charge is 2.14. The average Bonchev–Trinajstić information content (AvgIpc) is 2.67. The standard InChI is InChI=1S/C20H23BrN4O4/c1-4-28-17-10-13(9-16(21)19(17)29-12-18(26)25(2)3)11-23-24-20(27)14-5-7-15(22)8-6-14/h5-11H,4,12,22H2,1-3H3,(H,24,27)/b23-11+. The number of nitrogens with two attached hydrogens (primary N) is 1. The van der Waals surface area contributed by atoms with Gasteiger partial charge in [-0.2, -0.15) is 5.10 Å². The first-order valence-electron chi connectivity index (χ1n) is 8.80. The number of hydrazone groups is 1. The van der Waals surface area contributed by atoms with Crippen molar-refractivity contribution < 1.29 is 19.1 Å². The van der Waals surface area contributed by atoms with E-state index in [0.29, 0.717) is 39.4 Å². The van der Waals surface area contributed by atoms with Crippen LogP contribution >= 0.6 is 15.9 Å². The summed E-state index contributed by atoms with van der Waals surface area (Å²) in [5, 5.41) is 3.98. The fourth-order valence-electron chi connectivity index (χ4n) is 2.19. The molecule has 0 spiro atoms. The molecule has 8 nitrogen and oxygen atoms in total. The number of nitrogens with zero attached hydrogens (tertiary/aromatic N) is 2. The lowest BCUT2D eigenvalue weighted by Gasteiger charge is -2.16. The van der Waals surface area contributed by atoms with Crippen LogP contribution in [0.4, 0.5) is 5.69 Å². The minimum absolute atomic E-state index is 0.114. The van der Waals surface area contributed by atoms with E-state index in [-0.39, 0.29) is 18.4 Å². The molecule has 0 fully saturated rings. The van der Waals surface area contributed by atoms with Crippen molar-refractivity contribution in [1.29, 1.82) is 0 Å². The lowest BCUT2D eigenvalue weighted by Crippen LogP contribution is -2.27. The Bertz CT molecular complexity index is 898. The van der Waals surface area contributed by atoms with Gasteiger partial charge in [0.2, 0.25) is 0 Å². The van der Waals surface area contributed by atoms with Crippen molar-refractivity contribution in [2.45, 2.75) is 6.92 Å². The van der Waals surface area contributed by atoms with Crippen LogP contribution < -0.4 is 20.6 Å². The Morgan fingerprint density at radius 2 is 1.90 bits per heavy atom. The van der Waals surface area contributed by atoms with Gasteiger partial charge in [-0.3, -0.25) is 9.59 Å². The number of anilines is 1. The van der Waals surface area contributed by atoms with Crippen LogP contribution in [0.15, 0.2) is 46.0 Å². The summed E-state index contributed by atoms with van der Waals surface area (Å²) in [6.07, 6.45) is 1.48. The van der Waals surface area contributed by atoms with E-state index >= 15 is 0 Å². The van der Waals surface area contributed by atoms with Gasteiger partial charge in [-0.1, -0.05) is 0 Å². The van der Waals surface area contributed by atoms with Gasteiger partial charge in [-0.05, 0) is 64.8 Å². The lowest BCUT2D eigenvalue weighted by atomic mass is 10.2. The number of amides is 2.